The first-order valence-corrected chi connectivity index (χ1v) is 9.90. The van der Waals surface area contributed by atoms with Crippen LogP contribution in [0.15, 0.2) is 79.1 Å². The van der Waals surface area contributed by atoms with Gasteiger partial charge in [-0.1, -0.05) is 72.8 Å². The van der Waals surface area contributed by atoms with Crippen molar-refractivity contribution in [3.63, 3.8) is 0 Å². The molecule has 5 heteroatoms. The van der Waals surface area contributed by atoms with Crippen LogP contribution in [0.2, 0.25) is 0 Å². The number of hydrogen-bond donors (Lipinski definition) is 0. The van der Waals surface area contributed by atoms with E-state index in [0.29, 0.717) is 11.4 Å². The number of aromatic nitrogens is 2. The lowest BCUT2D eigenvalue weighted by molar-refractivity contribution is 0.0649. The maximum Gasteiger partial charge on any atom is 0.257 e. The monoisotopic (exact) mass is 384 g/mol. The van der Waals surface area contributed by atoms with Crippen molar-refractivity contribution < 1.29 is 4.79 Å². The lowest BCUT2D eigenvalue weighted by Crippen LogP contribution is -2.48. The van der Waals surface area contributed by atoms with Crippen molar-refractivity contribution in [3.05, 3.63) is 90.3 Å². The third-order valence-electron chi connectivity index (χ3n) is 5.06. The predicted octanol–water partition coefficient (Wildman–Crippen LogP) is 3.61. The van der Waals surface area contributed by atoms with Crippen molar-refractivity contribution in [2.75, 3.05) is 32.7 Å². The second kappa shape index (κ2) is 9.26. The van der Waals surface area contributed by atoms with Crippen molar-refractivity contribution >= 4 is 12.0 Å². The van der Waals surface area contributed by atoms with Crippen LogP contribution in [-0.4, -0.2) is 58.4 Å². The molecule has 146 valence electrons. The summed E-state index contributed by atoms with van der Waals surface area (Å²) < 4.78 is 0. The summed E-state index contributed by atoms with van der Waals surface area (Å²) in [5.74, 6) is 0.640. The molecule has 1 amide bonds. The fourth-order valence-corrected chi connectivity index (χ4v) is 3.39. The molecule has 0 spiro atoms. The van der Waals surface area contributed by atoms with E-state index in [1.54, 1.807) is 12.4 Å². The Bertz CT molecular complexity index is 947. The number of benzene rings is 2. The molecule has 0 saturated carbocycles. The van der Waals surface area contributed by atoms with E-state index >= 15 is 0 Å². The first-order valence-electron chi connectivity index (χ1n) is 9.90. The van der Waals surface area contributed by atoms with Gasteiger partial charge >= 0.3 is 0 Å². The van der Waals surface area contributed by atoms with Gasteiger partial charge in [0, 0.05) is 50.7 Å². The van der Waals surface area contributed by atoms with Gasteiger partial charge in [0.1, 0.15) is 0 Å². The predicted molar refractivity (Wildman–Crippen MR) is 115 cm³/mol. The SMILES string of the molecule is O=C(c1cnc(-c2ccccc2)nc1)N1CCN(C/C=C/c2ccccc2)CC1. The molecule has 1 aliphatic rings. The molecule has 4 rings (SSSR count). The fraction of sp³-hybridized carbons (Fsp3) is 0.208. The normalized spacial score (nSPS) is 15.0. The Balaban J connectivity index is 1.29. The minimum Gasteiger partial charge on any atom is -0.336 e. The summed E-state index contributed by atoms with van der Waals surface area (Å²) in [4.78, 5) is 25.8. The zero-order chi connectivity index (χ0) is 19.9. The third kappa shape index (κ3) is 4.95. The molecule has 29 heavy (non-hydrogen) atoms. The highest BCUT2D eigenvalue weighted by molar-refractivity contribution is 5.93. The molecule has 3 aromatic rings. The molecular weight excluding hydrogens is 360 g/mol. The number of rotatable bonds is 5. The number of nitrogens with zero attached hydrogens (tertiary/aromatic N) is 4. The Morgan fingerprint density at radius 1 is 0.862 bits per heavy atom. The largest absolute Gasteiger partial charge is 0.336 e. The van der Waals surface area contributed by atoms with Crippen LogP contribution in [-0.2, 0) is 0 Å². The highest BCUT2D eigenvalue weighted by atomic mass is 16.2. The molecule has 1 saturated heterocycles. The first kappa shape index (κ1) is 19.0. The highest BCUT2D eigenvalue weighted by Crippen LogP contribution is 2.14. The second-order valence-electron chi connectivity index (χ2n) is 7.07. The van der Waals surface area contributed by atoms with Crippen LogP contribution in [0.3, 0.4) is 0 Å². The quantitative estimate of drug-likeness (QED) is 0.674. The molecule has 5 nitrogen and oxygen atoms in total. The summed E-state index contributed by atoms with van der Waals surface area (Å²) >= 11 is 0. The molecule has 1 aliphatic heterocycles. The second-order valence-corrected chi connectivity index (χ2v) is 7.07. The van der Waals surface area contributed by atoms with Crippen LogP contribution in [0.1, 0.15) is 15.9 Å². The van der Waals surface area contributed by atoms with Crippen LogP contribution in [0, 0.1) is 0 Å². The number of piperazine rings is 1. The highest BCUT2D eigenvalue weighted by Gasteiger charge is 2.22. The maximum absolute atomic E-state index is 12.8. The van der Waals surface area contributed by atoms with Crippen LogP contribution in [0.5, 0.6) is 0 Å². The molecule has 0 aliphatic carbocycles. The van der Waals surface area contributed by atoms with Gasteiger partial charge in [-0.15, -0.1) is 0 Å². The van der Waals surface area contributed by atoms with Crippen LogP contribution >= 0.6 is 0 Å². The number of carbonyl (C=O) groups is 1. The minimum absolute atomic E-state index is 0.00379. The van der Waals surface area contributed by atoms with Crippen molar-refractivity contribution in [1.82, 2.24) is 19.8 Å². The van der Waals surface area contributed by atoms with E-state index in [1.165, 1.54) is 5.56 Å². The minimum atomic E-state index is 0.00379. The van der Waals surface area contributed by atoms with Crippen molar-refractivity contribution in [2.24, 2.45) is 0 Å². The topological polar surface area (TPSA) is 49.3 Å². The van der Waals surface area contributed by atoms with Crippen LogP contribution < -0.4 is 0 Å². The molecular formula is C24H24N4O. The van der Waals surface area contributed by atoms with E-state index in [1.807, 2.05) is 53.4 Å². The third-order valence-corrected chi connectivity index (χ3v) is 5.06. The Kier molecular flexibility index (Phi) is 6.07. The summed E-state index contributed by atoms with van der Waals surface area (Å²) in [6.45, 7) is 4.07. The molecule has 1 fully saturated rings. The Morgan fingerprint density at radius 2 is 1.48 bits per heavy atom. The molecule has 2 aromatic carbocycles. The van der Waals surface area contributed by atoms with Gasteiger partial charge in [0.25, 0.3) is 5.91 Å². The Hall–Kier alpha value is -3.31. The van der Waals surface area contributed by atoms with Gasteiger partial charge in [0.05, 0.1) is 5.56 Å². The summed E-state index contributed by atoms with van der Waals surface area (Å²) in [7, 11) is 0. The smallest absolute Gasteiger partial charge is 0.257 e. The van der Waals surface area contributed by atoms with Crippen molar-refractivity contribution in [2.45, 2.75) is 0 Å². The van der Waals surface area contributed by atoms with Crippen LogP contribution in [0.4, 0.5) is 0 Å². The summed E-state index contributed by atoms with van der Waals surface area (Å²) in [5.41, 5.74) is 2.70. The zero-order valence-electron chi connectivity index (χ0n) is 16.3. The van der Waals surface area contributed by atoms with Gasteiger partial charge in [-0.2, -0.15) is 0 Å². The lowest BCUT2D eigenvalue weighted by Gasteiger charge is -2.34. The molecule has 0 bridgehead atoms. The van der Waals surface area contributed by atoms with Crippen molar-refractivity contribution in [1.29, 1.82) is 0 Å². The van der Waals surface area contributed by atoms with E-state index < -0.39 is 0 Å². The summed E-state index contributed by atoms with van der Waals surface area (Å²) in [6.07, 6.45) is 7.59. The van der Waals surface area contributed by atoms with Crippen molar-refractivity contribution in [3.8, 4) is 11.4 Å². The molecule has 1 aromatic heterocycles. The van der Waals surface area contributed by atoms with Gasteiger partial charge in [-0.05, 0) is 5.56 Å². The Morgan fingerprint density at radius 3 is 2.14 bits per heavy atom. The molecule has 2 heterocycles. The maximum atomic E-state index is 12.8. The first-order chi connectivity index (χ1) is 14.3. The van der Waals surface area contributed by atoms with E-state index in [-0.39, 0.29) is 5.91 Å². The van der Waals surface area contributed by atoms with E-state index in [0.717, 1.165) is 38.3 Å². The number of amides is 1. The number of hydrogen-bond acceptors (Lipinski definition) is 4. The Labute approximate surface area is 171 Å². The summed E-state index contributed by atoms with van der Waals surface area (Å²) in [5, 5.41) is 0. The van der Waals surface area contributed by atoms with Gasteiger partial charge in [0.15, 0.2) is 5.82 Å². The lowest BCUT2D eigenvalue weighted by atomic mass is 10.2. The van der Waals surface area contributed by atoms with E-state index in [2.05, 4.69) is 39.2 Å². The summed E-state index contributed by atoms with van der Waals surface area (Å²) in [6, 6.07) is 20.1. The molecule has 0 unspecified atom stereocenters. The average molecular weight is 384 g/mol. The van der Waals surface area contributed by atoms with Gasteiger partial charge < -0.3 is 4.90 Å². The average Bonchev–Trinajstić information content (AvgIpc) is 2.80. The number of carbonyl (C=O) groups excluding carboxylic acids is 1. The molecule has 0 radical (unpaired) electrons. The van der Waals surface area contributed by atoms with E-state index in [9.17, 15) is 4.79 Å². The van der Waals surface area contributed by atoms with E-state index in [4.69, 9.17) is 0 Å². The van der Waals surface area contributed by atoms with Crippen LogP contribution in [0.25, 0.3) is 17.5 Å². The standard InChI is InChI=1S/C24H24N4O/c29-24(22-18-25-23(26-19-22)21-11-5-2-6-12-21)28-16-14-27(15-17-28)13-7-10-20-8-3-1-4-9-20/h1-12,18-19H,13-17H2/b10-7+. The molecule has 0 N–H and O–H groups in total. The molecule has 0 atom stereocenters. The fourth-order valence-electron chi connectivity index (χ4n) is 3.39. The van der Waals surface area contributed by atoms with Gasteiger partial charge in [-0.25, -0.2) is 9.97 Å². The van der Waals surface area contributed by atoms with Gasteiger partial charge in [-0.3, -0.25) is 9.69 Å². The zero-order valence-corrected chi connectivity index (χ0v) is 16.3. The van der Waals surface area contributed by atoms with Gasteiger partial charge in [0.2, 0.25) is 0 Å².